The third-order valence-corrected chi connectivity index (χ3v) is 6.19. The van der Waals surface area contributed by atoms with Crippen molar-refractivity contribution in [2.45, 2.75) is 23.6 Å². The molecule has 2 aromatic carbocycles. The van der Waals surface area contributed by atoms with Crippen LogP contribution in [0.2, 0.25) is 0 Å². The van der Waals surface area contributed by atoms with E-state index in [0.29, 0.717) is 5.69 Å². The Labute approximate surface area is 143 Å². The zero-order valence-corrected chi connectivity index (χ0v) is 15.1. The minimum atomic E-state index is -4.03. The van der Waals surface area contributed by atoms with Crippen molar-refractivity contribution < 1.29 is 16.8 Å². The van der Waals surface area contributed by atoms with Crippen molar-refractivity contribution in [2.24, 2.45) is 5.92 Å². The second-order valence-electron chi connectivity index (χ2n) is 5.66. The van der Waals surface area contributed by atoms with E-state index >= 15 is 0 Å². The van der Waals surface area contributed by atoms with Gasteiger partial charge in [0, 0.05) is 12.2 Å². The summed E-state index contributed by atoms with van der Waals surface area (Å²) in [5, 5.41) is 0. The molecule has 0 aliphatic rings. The molecule has 0 saturated heterocycles. The molecule has 0 aliphatic heterocycles. The van der Waals surface area contributed by atoms with E-state index in [1.165, 1.54) is 24.3 Å². The van der Waals surface area contributed by atoms with Gasteiger partial charge in [-0.3, -0.25) is 4.72 Å². The zero-order chi connectivity index (χ0) is 17.8. The van der Waals surface area contributed by atoms with Crippen molar-refractivity contribution in [3.8, 4) is 0 Å². The summed E-state index contributed by atoms with van der Waals surface area (Å²) in [6, 6.07) is 13.8. The van der Waals surface area contributed by atoms with Crippen LogP contribution < -0.4 is 9.44 Å². The van der Waals surface area contributed by atoms with E-state index in [0.717, 1.165) is 0 Å². The maximum Gasteiger partial charge on any atom is 0.263 e. The van der Waals surface area contributed by atoms with Crippen molar-refractivity contribution in [3.05, 3.63) is 54.6 Å². The van der Waals surface area contributed by atoms with Gasteiger partial charge in [-0.15, -0.1) is 0 Å². The maximum atomic E-state index is 12.6. The van der Waals surface area contributed by atoms with Crippen molar-refractivity contribution in [1.29, 1.82) is 0 Å². The van der Waals surface area contributed by atoms with Gasteiger partial charge < -0.3 is 0 Å². The van der Waals surface area contributed by atoms with Crippen LogP contribution in [0.4, 0.5) is 5.69 Å². The number of sulfonamides is 2. The second kappa shape index (κ2) is 7.33. The summed E-state index contributed by atoms with van der Waals surface area (Å²) in [4.78, 5) is -0.556. The van der Waals surface area contributed by atoms with Gasteiger partial charge >= 0.3 is 0 Å². The van der Waals surface area contributed by atoms with E-state index in [1.54, 1.807) is 30.3 Å². The molecule has 6 nitrogen and oxygen atoms in total. The quantitative estimate of drug-likeness (QED) is 0.785. The van der Waals surface area contributed by atoms with E-state index in [-0.39, 0.29) is 22.3 Å². The van der Waals surface area contributed by atoms with Crippen LogP contribution in [0, 0.1) is 5.92 Å². The molecular formula is C16H20N2O4S2. The Hall–Kier alpha value is -1.90. The molecule has 24 heavy (non-hydrogen) atoms. The highest BCUT2D eigenvalue weighted by molar-refractivity contribution is 7.94. The number of rotatable bonds is 7. The van der Waals surface area contributed by atoms with Crippen molar-refractivity contribution in [1.82, 2.24) is 4.72 Å². The van der Waals surface area contributed by atoms with E-state index in [9.17, 15) is 16.8 Å². The highest BCUT2D eigenvalue weighted by Gasteiger charge is 2.26. The van der Waals surface area contributed by atoms with Gasteiger partial charge in [0.25, 0.3) is 10.0 Å². The Morgan fingerprint density at radius 2 is 1.29 bits per heavy atom. The normalized spacial score (nSPS) is 12.3. The Kier molecular flexibility index (Phi) is 5.63. The second-order valence-corrected chi connectivity index (χ2v) is 9.05. The van der Waals surface area contributed by atoms with E-state index < -0.39 is 20.0 Å². The summed E-state index contributed by atoms with van der Waals surface area (Å²) >= 11 is 0. The molecule has 0 heterocycles. The molecule has 2 aromatic rings. The topological polar surface area (TPSA) is 92.3 Å². The number of hydrogen-bond acceptors (Lipinski definition) is 4. The molecule has 0 unspecified atom stereocenters. The molecule has 0 spiro atoms. The van der Waals surface area contributed by atoms with Crippen LogP contribution in [0.15, 0.2) is 64.4 Å². The van der Waals surface area contributed by atoms with Gasteiger partial charge in [-0.2, -0.15) is 0 Å². The predicted molar refractivity (Wildman–Crippen MR) is 93.7 cm³/mol. The highest BCUT2D eigenvalue weighted by atomic mass is 32.2. The summed E-state index contributed by atoms with van der Waals surface area (Å²) in [5.74, 6) is 0.103. The standard InChI is InChI=1S/C16H20N2O4S2/c1-13(2)12-17-23(19,20)15-10-6-7-11-16(15)24(21,22)18-14-8-4-3-5-9-14/h3-11,13,17-18H,12H2,1-2H3. The Bertz CT molecular complexity index is 893. The number of para-hydroxylation sites is 1. The van der Waals surface area contributed by atoms with E-state index in [4.69, 9.17) is 0 Å². The molecule has 2 N–H and O–H groups in total. The molecule has 0 fully saturated rings. The van der Waals surface area contributed by atoms with Crippen LogP contribution in [0.1, 0.15) is 13.8 Å². The molecule has 0 amide bonds. The van der Waals surface area contributed by atoms with E-state index in [1.807, 2.05) is 13.8 Å². The van der Waals surface area contributed by atoms with Crippen LogP contribution in [0.5, 0.6) is 0 Å². The van der Waals surface area contributed by atoms with Crippen LogP contribution in [0.25, 0.3) is 0 Å². The molecule has 0 saturated carbocycles. The Morgan fingerprint density at radius 1 is 0.792 bits per heavy atom. The molecule has 0 atom stereocenters. The molecule has 0 aliphatic carbocycles. The molecule has 8 heteroatoms. The first-order valence-corrected chi connectivity index (χ1v) is 10.4. The molecule has 0 aromatic heterocycles. The average Bonchev–Trinajstić information content (AvgIpc) is 2.54. The smallest absolute Gasteiger partial charge is 0.263 e. The zero-order valence-electron chi connectivity index (χ0n) is 13.4. The lowest BCUT2D eigenvalue weighted by Gasteiger charge is -2.14. The van der Waals surface area contributed by atoms with Crippen molar-refractivity contribution in [2.75, 3.05) is 11.3 Å². The van der Waals surface area contributed by atoms with Gasteiger partial charge in [0.05, 0.1) is 0 Å². The lowest BCUT2D eigenvalue weighted by atomic mass is 10.2. The fourth-order valence-electron chi connectivity index (χ4n) is 1.96. The minimum Gasteiger partial charge on any atom is -0.280 e. The molecule has 2 rings (SSSR count). The largest absolute Gasteiger partial charge is 0.280 e. The first-order valence-electron chi connectivity index (χ1n) is 7.39. The van der Waals surface area contributed by atoms with E-state index in [2.05, 4.69) is 9.44 Å². The monoisotopic (exact) mass is 368 g/mol. The summed E-state index contributed by atoms with van der Waals surface area (Å²) in [6.07, 6.45) is 0. The van der Waals surface area contributed by atoms with Gasteiger partial charge in [0.1, 0.15) is 9.79 Å². The van der Waals surface area contributed by atoms with Crippen LogP contribution in [0.3, 0.4) is 0 Å². The highest BCUT2D eigenvalue weighted by Crippen LogP contribution is 2.23. The third-order valence-electron chi connectivity index (χ3n) is 3.14. The fraction of sp³-hybridized carbons (Fsp3) is 0.250. The fourth-order valence-corrected chi connectivity index (χ4v) is 5.07. The Morgan fingerprint density at radius 3 is 1.83 bits per heavy atom. The first-order chi connectivity index (χ1) is 11.2. The molecule has 130 valence electrons. The van der Waals surface area contributed by atoms with Crippen molar-refractivity contribution in [3.63, 3.8) is 0 Å². The number of hydrogen-bond donors (Lipinski definition) is 2. The minimum absolute atomic E-state index is 0.103. The van der Waals surface area contributed by atoms with Crippen LogP contribution >= 0.6 is 0 Å². The number of nitrogens with one attached hydrogen (secondary N) is 2. The summed E-state index contributed by atoms with van der Waals surface area (Å²) in [7, 11) is -7.97. The maximum absolute atomic E-state index is 12.6. The van der Waals surface area contributed by atoms with Gasteiger partial charge in [0.2, 0.25) is 10.0 Å². The first kappa shape index (κ1) is 18.4. The summed E-state index contributed by atoms with van der Waals surface area (Å²) < 4.78 is 54.9. The van der Waals surface area contributed by atoms with Gasteiger partial charge in [-0.05, 0) is 30.2 Å². The summed E-state index contributed by atoms with van der Waals surface area (Å²) in [6.45, 7) is 3.95. The predicted octanol–water partition coefficient (Wildman–Crippen LogP) is 2.42. The van der Waals surface area contributed by atoms with Crippen molar-refractivity contribution >= 4 is 25.7 Å². The lowest BCUT2D eigenvalue weighted by Crippen LogP contribution is -2.29. The van der Waals surface area contributed by atoms with Crippen LogP contribution in [-0.2, 0) is 20.0 Å². The average molecular weight is 368 g/mol. The van der Waals surface area contributed by atoms with Gasteiger partial charge in [0.15, 0.2) is 0 Å². The van der Waals surface area contributed by atoms with Crippen LogP contribution in [-0.4, -0.2) is 23.4 Å². The van der Waals surface area contributed by atoms with Gasteiger partial charge in [-0.1, -0.05) is 44.2 Å². The molecular weight excluding hydrogens is 348 g/mol. The lowest BCUT2D eigenvalue weighted by molar-refractivity contribution is 0.556. The van der Waals surface area contributed by atoms with Gasteiger partial charge in [-0.25, -0.2) is 21.6 Å². The molecule has 0 radical (unpaired) electrons. The summed E-state index contributed by atoms with van der Waals surface area (Å²) in [5.41, 5.74) is 0.361. The Balaban J connectivity index is 2.41. The number of anilines is 1. The third kappa shape index (κ3) is 4.56. The SMILES string of the molecule is CC(C)CNS(=O)(=O)c1ccccc1S(=O)(=O)Nc1ccccc1. The molecule has 0 bridgehead atoms. The number of benzene rings is 2.